The Morgan fingerprint density at radius 3 is 2.61 bits per heavy atom. The van der Waals surface area contributed by atoms with Gasteiger partial charge in [0.05, 0.1) is 0 Å². The highest BCUT2D eigenvalue weighted by molar-refractivity contribution is 5.79. The first-order chi connectivity index (χ1) is 8.68. The molecule has 4 nitrogen and oxygen atoms in total. The Hall–Kier alpha value is -0.610. The van der Waals surface area contributed by atoms with Crippen molar-refractivity contribution in [2.24, 2.45) is 5.92 Å². The van der Waals surface area contributed by atoms with E-state index in [4.69, 9.17) is 4.74 Å². The van der Waals surface area contributed by atoms with Crippen LogP contribution in [0.15, 0.2) is 0 Å². The first-order valence-electron chi connectivity index (χ1n) is 7.30. The summed E-state index contributed by atoms with van der Waals surface area (Å²) in [6, 6.07) is 0.791. The molecular formula is C14H26N2O2. The molecule has 0 aromatic carbocycles. The number of carbonyl (C=O) groups is 1. The lowest BCUT2D eigenvalue weighted by atomic mass is 9.97. The highest BCUT2D eigenvalue weighted by atomic mass is 16.5. The molecule has 104 valence electrons. The first-order valence-corrected chi connectivity index (χ1v) is 7.30. The van der Waals surface area contributed by atoms with Crippen LogP contribution in [0, 0.1) is 5.92 Å². The Balaban J connectivity index is 1.92. The van der Waals surface area contributed by atoms with Crippen molar-refractivity contribution in [1.82, 2.24) is 10.2 Å². The molecule has 0 aromatic heterocycles. The van der Waals surface area contributed by atoms with Crippen molar-refractivity contribution in [2.45, 2.75) is 51.6 Å². The summed E-state index contributed by atoms with van der Waals surface area (Å²) in [4.78, 5) is 14.6. The molecule has 2 saturated heterocycles. The van der Waals surface area contributed by atoms with E-state index < -0.39 is 0 Å². The van der Waals surface area contributed by atoms with Crippen molar-refractivity contribution < 1.29 is 9.53 Å². The van der Waals surface area contributed by atoms with E-state index >= 15 is 0 Å². The Labute approximate surface area is 110 Å². The fraction of sp³-hybridized carbons (Fsp3) is 0.929. The van der Waals surface area contributed by atoms with Gasteiger partial charge in [-0.25, -0.2) is 0 Å². The summed E-state index contributed by atoms with van der Waals surface area (Å²) in [5.41, 5.74) is 0. The van der Waals surface area contributed by atoms with Crippen LogP contribution in [0.2, 0.25) is 0 Å². The number of hydrogen-bond acceptors (Lipinski definition) is 3. The van der Waals surface area contributed by atoms with Crippen LogP contribution in [0.25, 0.3) is 0 Å². The second-order valence-electron chi connectivity index (χ2n) is 5.76. The molecule has 0 aromatic rings. The fourth-order valence-corrected chi connectivity index (χ4v) is 2.88. The molecule has 1 unspecified atom stereocenters. The van der Waals surface area contributed by atoms with Gasteiger partial charge in [-0.15, -0.1) is 0 Å². The van der Waals surface area contributed by atoms with Crippen molar-refractivity contribution in [3.8, 4) is 0 Å². The number of amides is 1. The second-order valence-corrected chi connectivity index (χ2v) is 5.76. The number of carbonyl (C=O) groups excluding carboxylic acids is 1. The van der Waals surface area contributed by atoms with E-state index in [1.165, 1.54) is 12.8 Å². The molecule has 4 heteroatoms. The lowest BCUT2D eigenvalue weighted by molar-refractivity contribution is -0.140. The lowest BCUT2D eigenvalue weighted by Crippen LogP contribution is -2.48. The predicted molar refractivity (Wildman–Crippen MR) is 71.4 cm³/mol. The number of nitrogens with one attached hydrogen (secondary N) is 1. The summed E-state index contributed by atoms with van der Waals surface area (Å²) in [5, 5.41) is 3.48. The molecule has 2 fully saturated rings. The Morgan fingerprint density at radius 2 is 2.06 bits per heavy atom. The van der Waals surface area contributed by atoms with Gasteiger partial charge in [-0.05, 0) is 46.1 Å². The Morgan fingerprint density at radius 1 is 1.33 bits per heavy atom. The zero-order valence-corrected chi connectivity index (χ0v) is 11.7. The SMILES string of the molecule is CC(C)N(CC1CCCN1)C(=O)C1CCOCC1. The van der Waals surface area contributed by atoms with Gasteiger partial charge in [0.1, 0.15) is 0 Å². The van der Waals surface area contributed by atoms with E-state index in [-0.39, 0.29) is 5.92 Å². The molecule has 2 heterocycles. The number of rotatable bonds is 4. The summed E-state index contributed by atoms with van der Waals surface area (Å²) < 4.78 is 5.34. The average molecular weight is 254 g/mol. The topological polar surface area (TPSA) is 41.6 Å². The van der Waals surface area contributed by atoms with Crippen LogP contribution in [-0.4, -0.2) is 49.2 Å². The van der Waals surface area contributed by atoms with Gasteiger partial charge in [0.25, 0.3) is 0 Å². The standard InChI is InChI=1S/C14H26N2O2/c1-11(2)16(10-13-4-3-7-15-13)14(17)12-5-8-18-9-6-12/h11-13,15H,3-10H2,1-2H3. The molecule has 0 radical (unpaired) electrons. The van der Waals surface area contributed by atoms with Gasteiger partial charge in [-0.2, -0.15) is 0 Å². The molecule has 1 amide bonds. The average Bonchev–Trinajstić information content (AvgIpc) is 2.89. The number of ether oxygens (including phenoxy) is 1. The molecule has 18 heavy (non-hydrogen) atoms. The second kappa shape index (κ2) is 6.53. The third-order valence-corrected chi connectivity index (χ3v) is 4.06. The van der Waals surface area contributed by atoms with Crippen molar-refractivity contribution in [2.75, 3.05) is 26.3 Å². The van der Waals surface area contributed by atoms with Crippen LogP contribution in [0.5, 0.6) is 0 Å². The van der Waals surface area contributed by atoms with E-state index in [1.807, 2.05) is 0 Å². The van der Waals surface area contributed by atoms with E-state index in [1.54, 1.807) is 0 Å². The van der Waals surface area contributed by atoms with Crippen LogP contribution >= 0.6 is 0 Å². The zero-order chi connectivity index (χ0) is 13.0. The van der Waals surface area contributed by atoms with Crippen molar-refractivity contribution in [3.05, 3.63) is 0 Å². The van der Waals surface area contributed by atoms with Crippen molar-refractivity contribution in [1.29, 1.82) is 0 Å². The van der Waals surface area contributed by atoms with Crippen molar-refractivity contribution >= 4 is 5.91 Å². The van der Waals surface area contributed by atoms with Crippen LogP contribution in [0.3, 0.4) is 0 Å². The summed E-state index contributed by atoms with van der Waals surface area (Å²) in [7, 11) is 0. The molecule has 0 saturated carbocycles. The third-order valence-electron chi connectivity index (χ3n) is 4.06. The van der Waals surface area contributed by atoms with Crippen LogP contribution in [0.1, 0.15) is 39.5 Å². The van der Waals surface area contributed by atoms with E-state index in [9.17, 15) is 4.79 Å². The van der Waals surface area contributed by atoms with Gasteiger partial charge in [-0.3, -0.25) is 4.79 Å². The maximum Gasteiger partial charge on any atom is 0.226 e. The highest BCUT2D eigenvalue weighted by Crippen LogP contribution is 2.20. The fourth-order valence-electron chi connectivity index (χ4n) is 2.88. The molecule has 1 atom stereocenters. The molecule has 0 aliphatic carbocycles. The molecule has 2 aliphatic heterocycles. The Kier molecular flexibility index (Phi) is 5.01. The minimum absolute atomic E-state index is 0.183. The van der Waals surface area contributed by atoms with Gasteiger partial charge in [0.2, 0.25) is 5.91 Å². The maximum absolute atomic E-state index is 12.6. The largest absolute Gasteiger partial charge is 0.381 e. The number of hydrogen-bond donors (Lipinski definition) is 1. The molecular weight excluding hydrogens is 228 g/mol. The first kappa shape index (κ1) is 13.8. The summed E-state index contributed by atoms with van der Waals surface area (Å²) in [6.07, 6.45) is 4.21. The highest BCUT2D eigenvalue weighted by Gasteiger charge is 2.29. The predicted octanol–water partition coefficient (Wildman–Crippen LogP) is 1.40. The molecule has 2 aliphatic rings. The normalized spacial score (nSPS) is 25.6. The molecule has 0 spiro atoms. The quantitative estimate of drug-likeness (QED) is 0.824. The zero-order valence-electron chi connectivity index (χ0n) is 11.7. The Bertz CT molecular complexity index is 269. The number of nitrogens with zero attached hydrogens (tertiary/aromatic N) is 1. The minimum atomic E-state index is 0.183. The van der Waals surface area contributed by atoms with Crippen LogP contribution < -0.4 is 5.32 Å². The van der Waals surface area contributed by atoms with Crippen LogP contribution in [0.4, 0.5) is 0 Å². The summed E-state index contributed by atoms with van der Waals surface area (Å²) in [5.74, 6) is 0.518. The van der Waals surface area contributed by atoms with Crippen molar-refractivity contribution in [3.63, 3.8) is 0 Å². The lowest BCUT2D eigenvalue weighted by Gasteiger charge is -2.34. The summed E-state index contributed by atoms with van der Waals surface area (Å²) >= 11 is 0. The van der Waals surface area contributed by atoms with Gasteiger partial charge >= 0.3 is 0 Å². The van der Waals surface area contributed by atoms with E-state index in [0.29, 0.717) is 18.0 Å². The van der Waals surface area contributed by atoms with Crippen LogP contribution in [-0.2, 0) is 9.53 Å². The monoisotopic (exact) mass is 254 g/mol. The van der Waals surface area contributed by atoms with Gasteiger partial charge in [0.15, 0.2) is 0 Å². The van der Waals surface area contributed by atoms with Gasteiger partial charge in [-0.1, -0.05) is 0 Å². The molecule has 1 N–H and O–H groups in total. The van der Waals surface area contributed by atoms with Gasteiger partial charge < -0.3 is 15.0 Å². The van der Waals surface area contributed by atoms with E-state index in [0.717, 1.165) is 39.1 Å². The smallest absolute Gasteiger partial charge is 0.226 e. The minimum Gasteiger partial charge on any atom is -0.381 e. The van der Waals surface area contributed by atoms with Gasteiger partial charge in [0, 0.05) is 37.8 Å². The summed E-state index contributed by atoms with van der Waals surface area (Å²) in [6.45, 7) is 7.68. The molecule has 0 bridgehead atoms. The van der Waals surface area contributed by atoms with E-state index in [2.05, 4.69) is 24.1 Å². The molecule has 2 rings (SSSR count). The third kappa shape index (κ3) is 3.45. The maximum atomic E-state index is 12.6.